The predicted octanol–water partition coefficient (Wildman–Crippen LogP) is 5.21. The third kappa shape index (κ3) is 4.79. The van der Waals surface area contributed by atoms with Crippen LogP contribution in [0.15, 0.2) is 66.0 Å². The molecule has 0 saturated heterocycles. The van der Waals surface area contributed by atoms with Crippen LogP contribution in [0.25, 0.3) is 22.6 Å². The van der Waals surface area contributed by atoms with Gasteiger partial charge in [0.05, 0.1) is 22.5 Å². The quantitative estimate of drug-likeness (QED) is 0.401. The number of rotatable bonds is 5. The molecular formula is C26H23N3O3S2. The lowest BCUT2D eigenvalue weighted by Gasteiger charge is -2.22. The topological polar surface area (TPSA) is 102 Å². The summed E-state index contributed by atoms with van der Waals surface area (Å²) in [6, 6.07) is 18.5. The van der Waals surface area contributed by atoms with Gasteiger partial charge in [0.2, 0.25) is 10.0 Å². The monoisotopic (exact) mass is 489 g/mol. The van der Waals surface area contributed by atoms with E-state index in [4.69, 9.17) is 10.1 Å². The Bertz CT molecular complexity index is 1510. The molecule has 0 fully saturated rings. The Balaban J connectivity index is 1.55. The fourth-order valence-corrected chi connectivity index (χ4v) is 5.73. The van der Waals surface area contributed by atoms with E-state index in [1.165, 1.54) is 4.88 Å². The average molecular weight is 490 g/mol. The molecule has 1 aliphatic carbocycles. The van der Waals surface area contributed by atoms with Crippen LogP contribution >= 0.6 is 11.3 Å². The van der Waals surface area contributed by atoms with Crippen molar-refractivity contribution in [1.29, 1.82) is 0 Å². The molecule has 0 saturated carbocycles. The molecule has 0 aliphatic heterocycles. The van der Waals surface area contributed by atoms with E-state index in [0.29, 0.717) is 16.8 Å². The number of pyridine rings is 1. The Hall–Kier alpha value is -3.33. The standard InChI is InChI=1S/C26H23N3O3S2/c27-34(31,32)16-17-10-12-19(13-11-17)28-26(30)24-21-7-1-2-9-23(21)29-25-18(5-3-8-22(24)25)15-20-6-4-14-33-20/h1-2,4,6-7,9-15H,3,5,8,16H2,(H,28,30)(H2,27,31,32)/b18-15-. The number of carbonyl (C=O) groups is 1. The van der Waals surface area contributed by atoms with Gasteiger partial charge >= 0.3 is 0 Å². The molecule has 3 N–H and O–H groups in total. The van der Waals surface area contributed by atoms with E-state index < -0.39 is 10.0 Å². The third-order valence-corrected chi connectivity index (χ3v) is 7.39. The number of allylic oxidation sites excluding steroid dienone is 1. The van der Waals surface area contributed by atoms with Gasteiger partial charge in [-0.2, -0.15) is 0 Å². The minimum Gasteiger partial charge on any atom is -0.322 e. The molecule has 4 aromatic rings. The molecule has 0 unspecified atom stereocenters. The van der Waals surface area contributed by atoms with E-state index in [2.05, 4.69) is 22.8 Å². The highest BCUT2D eigenvalue weighted by molar-refractivity contribution is 7.88. The van der Waals surface area contributed by atoms with Gasteiger partial charge in [0, 0.05) is 16.0 Å². The predicted molar refractivity (Wildman–Crippen MR) is 138 cm³/mol. The van der Waals surface area contributed by atoms with Crippen LogP contribution in [0.3, 0.4) is 0 Å². The number of hydrogen-bond acceptors (Lipinski definition) is 5. The molecule has 1 aliphatic rings. The highest BCUT2D eigenvalue weighted by Crippen LogP contribution is 2.36. The molecule has 172 valence electrons. The number of sulfonamides is 1. The molecule has 0 atom stereocenters. The van der Waals surface area contributed by atoms with Crippen LogP contribution in [-0.4, -0.2) is 19.3 Å². The summed E-state index contributed by atoms with van der Waals surface area (Å²) in [5, 5.41) is 11.0. The molecule has 0 bridgehead atoms. The maximum Gasteiger partial charge on any atom is 0.256 e. The Labute approximate surface area is 202 Å². The molecule has 5 rings (SSSR count). The van der Waals surface area contributed by atoms with Gasteiger partial charge in [-0.05, 0) is 71.7 Å². The van der Waals surface area contributed by atoms with Crippen LogP contribution in [0, 0.1) is 0 Å². The van der Waals surface area contributed by atoms with Crippen molar-refractivity contribution in [3.63, 3.8) is 0 Å². The van der Waals surface area contributed by atoms with Gasteiger partial charge in [0.1, 0.15) is 0 Å². The summed E-state index contributed by atoms with van der Waals surface area (Å²) in [4.78, 5) is 19.7. The van der Waals surface area contributed by atoms with Gasteiger partial charge in [-0.25, -0.2) is 18.5 Å². The van der Waals surface area contributed by atoms with Crippen molar-refractivity contribution < 1.29 is 13.2 Å². The zero-order chi connectivity index (χ0) is 23.7. The van der Waals surface area contributed by atoms with Gasteiger partial charge in [0.25, 0.3) is 5.91 Å². The number of hydrogen-bond donors (Lipinski definition) is 2. The number of nitrogens with zero attached hydrogens (tertiary/aromatic N) is 1. The van der Waals surface area contributed by atoms with Crippen molar-refractivity contribution in [2.45, 2.75) is 25.0 Å². The number of nitrogens with one attached hydrogen (secondary N) is 1. The molecule has 6 nitrogen and oxygen atoms in total. The highest BCUT2D eigenvalue weighted by atomic mass is 32.2. The van der Waals surface area contributed by atoms with Crippen molar-refractivity contribution in [2.24, 2.45) is 5.14 Å². The molecule has 34 heavy (non-hydrogen) atoms. The molecular weight excluding hydrogens is 466 g/mol. The Kier molecular flexibility index (Phi) is 6.03. The first-order valence-corrected chi connectivity index (χ1v) is 13.5. The minimum absolute atomic E-state index is 0.202. The fourth-order valence-electron chi connectivity index (χ4n) is 4.39. The lowest BCUT2D eigenvalue weighted by molar-refractivity contribution is 0.102. The number of thiophene rings is 1. The molecule has 0 radical (unpaired) electrons. The van der Waals surface area contributed by atoms with Crippen molar-refractivity contribution in [2.75, 3.05) is 5.32 Å². The molecule has 1 amide bonds. The second kappa shape index (κ2) is 9.13. The molecule has 0 spiro atoms. The van der Waals surface area contributed by atoms with Gasteiger partial charge in [0.15, 0.2) is 0 Å². The molecule has 8 heteroatoms. The fraction of sp³-hybridized carbons (Fsp3) is 0.154. The summed E-state index contributed by atoms with van der Waals surface area (Å²) in [7, 11) is -3.61. The van der Waals surface area contributed by atoms with Crippen LogP contribution < -0.4 is 10.5 Å². The van der Waals surface area contributed by atoms with Crippen molar-refractivity contribution >= 4 is 55.5 Å². The summed E-state index contributed by atoms with van der Waals surface area (Å²) in [5.41, 5.74) is 5.59. The van der Waals surface area contributed by atoms with Gasteiger partial charge in [-0.15, -0.1) is 11.3 Å². The first-order chi connectivity index (χ1) is 16.4. The first kappa shape index (κ1) is 22.5. The number of fused-ring (bicyclic) bond motifs is 2. The van der Waals surface area contributed by atoms with E-state index in [0.717, 1.165) is 47.0 Å². The number of nitrogens with two attached hydrogens (primary N) is 1. The third-order valence-electron chi connectivity index (χ3n) is 5.84. The second-order valence-electron chi connectivity index (χ2n) is 8.33. The van der Waals surface area contributed by atoms with Gasteiger partial charge in [-0.3, -0.25) is 4.79 Å². The number of primary sulfonamides is 1. The van der Waals surface area contributed by atoms with Crippen molar-refractivity contribution in [3.05, 3.63) is 93.3 Å². The first-order valence-electron chi connectivity index (χ1n) is 10.9. The van der Waals surface area contributed by atoms with E-state index in [-0.39, 0.29) is 11.7 Å². The summed E-state index contributed by atoms with van der Waals surface area (Å²) in [6.07, 6.45) is 4.83. The van der Waals surface area contributed by atoms with Crippen LogP contribution in [0.1, 0.15) is 44.9 Å². The number of aromatic nitrogens is 1. The Morgan fingerprint density at radius 2 is 1.85 bits per heavy atom. The largest absolute Gasteiger partial charge is 0.322 e. The smallest absolute Gasteiger partial charge is 0.256 e. The summed E-state index contributed by atoms with van der Waals surface area (Å²) in [5.74, 6) is -0.449. The van der Waals surface area contributed by atoms with Crippen molar-refractivity contribution in [1.82, 2.24) is 4.98 Å². The van der Waals surface area contributed by atoms with Crippen LogP contribution in [0.5, 0.6) is 0 Å². The van der Waals surface area contributed by atoms with E-state index >= 15 is 0 Å². The molecule has 2 aromatic heterocycles. The van der Waals surface area contributed by atoms with Crippen LogP contribution in [0.4, 0.5) is 5.69 Å². The van der Waals surface area contributed by atoms with Crippen LogP contribution in [-0.2, 0) is 22.2 Å². The summed E-state index contributed by atoms with van der Waals surface area (Å²) in [6.45, 7) is 0. The maximum atomic E-state index is 13.6. The lowest BCUT2D eigenvalue weighted by Crippen LogP contribution is -2.19. The van der Waals surface area contributed by atoms with E-state index in [1.807, 2.05) is 30.3 Å². The molecule has 2 aromatic carbocycles. The van der Waals surface area contributed by atoms with Crippen LogP contribution in [0.2, 0.25) is 0 Å². The Morgan fingerprint density at radius 1 is 1.06 bits per heavy atom. The normalized spacial score (nSPS) is 14.8. The number of benzene rings is 2. The van der Waals surface area contributed by atoms with E-state index in [1.54, 1.807) is 35.6 Å². The number of para-hydroxylation sites is 1. The number of anilines is 1. The maximum absolute atomic E-state index is 13.6. The zero-order valence-corrected chi connectivity index (χ0v) is 20.0. The Morgan fingerprint density at radius 3 is 2.59 bits per heavy atom. The van der Waals surface area contributed by atoms with Gasteiger partial charge < -0.3 is 5.32 Å². The SMILES string of the molecule is NS(=O)(=O)Cc1ccc(NC(=O)c2c3c(nc4ccccc24)/C(=C\c2cccs2)CCC3)cc1. The number of carbonyl (C=O) groups excluding carboxylic acids is 1. The lowest BCUT2D eigenvalue weighted by atomic mass is 9.86. The minimum atomic E-state index is -3.61. The van der Waals surface area contributed by atoms with Crippen molar-refractivity contribution in [3.8, 4) is 0 Å². The summed E-state index contributed by atoms with van der Waals surface area (Å²) >= 11 is 1.68. The van der Waals surface area contributed by atoms with E-state index in [9.17, 15) is 13.2 Å². The average Bonchev–Trinajstić information content (AvgIpc) is 3.31. The molecule has 2 heterocycles. The second-order valence-corrected chi connectivity index (χ2v) is 10.9. The summed E-state index contributed by atoms with van der Waals surface area (Å²) < 4.78 is 22.7. The zero-order valence-electron chi connectivity index (χ0n) is 18.3. The highest BCUT2D eigenvalue weighted by Gasteiger charge is 2.25. The van der Waals surface area contributed by atoms with Gasteiger partial charge in [-0.1, -0.05) is 36.4 Å². The number of amides is 1.